The second-order valence-corrected chi connectivity index (χ2v) is 4.14. The van der Waals surface area contributed by atoms with E-state index in [1.165, 1.54) is 7.11 Å². The number of fused-ring (bicyclic) bond motifs is 1. The van der Waals surface area contributed by atoms with Crippen molar-refractivity contribution in [3.05, 3.63) is 29.3 Å². The predicted molar refractivity (Wildman–Crippen MR) is 63.9 cm³/mol. The van der Waals surface area contributed by atoms with Crippen LogP contribution in [0.25, 0.3) is 0 Å². The number of methoxy groups -OCH3 is 1. The van der Waals surface area contributed by atoms with Crippen LogP contribution in [-0.4, -0.2) is 25.5 Å². The normalized spacial score (nSPS) is 13.4. The highest BCUT2D eigenvalue weighted by Gasteiger charge is 2.22. The molecule has 90 valence electrons. The second-order valence-electron chi connectivity index (χ2n) is 4.14. The van der Waals surface area contributed by atoms with Gasteiger partial charge in [-0.15, -0.1) is 0 Å². The first kappa shape index (κ1) is 11.6. The van der Waals surface area contributed by atoms with Crippen molar-refractivity contribution in [1.82, 2.24) is 0 Å². The smallest absolute Gasteiger partial charge is 0.309 e. The number of anilines is 1. The molecule has 0 fully saturated rings. The summed E-state index contributed by atoms with van der Waals surface area (Å²) in [6, 6.07) is 5.76. The molecule has 0 saturated heterocycles. The lowest BCUT2D eigenvalue weighted by Crippen LogP contribution is -2.25. The lowest BCUT2D eigenvalue weighted by atomic mass is 10.1. The zero-order chi connectivity index (χ0) is 12.4. The van der Waals surface area contributed by atoms with Crippen molar-refractivity contribution in [3.63, 3.8) is 0 Å². The average Bonchev–Trinajstić information content (AvgIpc) is 2.71. The van der Waals surface area contributed by atoms with Crippen molar-refractivity contribution in [2.75, 3.05) is 18.6 Å². The molecule has 0 aromatic heterocycles. The van der Waals surface area contributed by atoms with Crippen LogP contribution in [-0.2, 0) is 27.2 Å². The molecule has 0 aliphatic carbocycles. The fourth-order valence-corrected chi connectivity index (χ4v) is 2.13. The van der Waals surface area contributed by atoms with Crippen LogP contribution in [0.4, 0.5) is 5.69 Å². The number of nitrogens with zero attached hydrogens (tertiary/aromatic N) is 1. The Bertz CT molecular complexity index is 468. The Morgan fingerprint density at radius 3 is 2.82 bits per heavy atom. The molecule has 1 aromatic rings. The van der Waals surface area contributed by atoms with Crippen LogP contribution in [0.15, 0.2) is 18.2 Å². The molecular weight excluding hydrogens is 218 g/mol. The molecule has 0 bridgehead atoms. The maximum absolute atomic E-state index is 11.4. The van der Waals surface area contributed by atoms with Crippen molar-refractivity contribution in [2.45, 2.75) is 19.8 Å². The number of esters is 1. The van der Waals surface area contributed by atoms with Crippen LogP contribution in [0.3, 0.4) is 0 Å². The van der Waals surface area contributed by atoms with Gasteiger partial charge in [0.15, 0.2) is 0 Å². The third-order valence-electron chi connectivity index (χ3n) is 3.00. The van der Waals surface area contributed by atoms with Gasteiger partial charge in [-0.05, 0) is 23.6 Å². The van der Waals surface area contributed by atoms with E-state index >= 15 is 0 Å². The highest BCUT2D eigenvalue weighted by molar-refractivity contribution is 5.93. The summed E-state index contributed by atoms with van der Waals surface area (Å²) in [6.45, 7) is 2.30. The zero-order valence-corrected chi connectivity index (χ0v) is 10.0. The maximum atomic E-state index is 11.4. The number of carbonyl (C=O) groups is 2. The number of hydrogen-bond donors (Lipinski definition) is 0. The van der Waals surface area contributed by atoms with Crippen molar-refractivity contribution in [1.29, 1.82) is 0 Å². The van der Waals surface area contributed by atoms with Gasteiger partial charge in [-0.1, -0.05) is 12.1 Å². The molecule has 1 heterocycles. The molecule has 4 nitrogen and oxygen atoms in total. The van der Waals surface area contributed by atoms with Gasteiger partial charge in [0.05, 0.1) is 13.5 Å². The molecule has 1 aromatic carbocycles. The number of carbonyl (C=O) groups excluding carboxylic acids is 2. The fourth-order valence-electron chi connectivity index (χ4n) is 2.13. The molecule has 2 rings (SSSR count). The van der Waals surface area contributed by atoms with Crippen LogP contribution >= 0.6 is 0 Å². The molecular formula is C13H15NO3. The minimum Gasteiger partial charge on any atom is -0.469 e. The van der Waals surface area contributed by atoms with E-state index in [0.29, 0.717) is 0 Å². The summed E-state index contributed by atoms with van der Waals surface area (Å²) in [6.07, 6.45) is 1.13. The van der Waals surface area contributed by atoms with Gasteiger partial charge >= 0.3 is 5.97 Å². The van der Waals surface area contributed by atoms with E-state index in [-0.39, 0.29) is 18.3 Å². The van der Waals surface area contributed by atoms with Gasteiger partial charge in [-0.25, -0.2) is 0 Å². The molecule has 0 unspecified atom stereocenters. The molecule has 0 atom stereocenters. The van der Waals surface area contributed by atoms with Crippen LogP contribution < -0.4 is 4.90 Å². The van der Waals surface area contributed by atoms with Crippen LogP contribution in [0.1, 0.15) is 18.1 Å². The van der Waals surface area contributed by atoms with E-state index in [1.807, 2.05) is 18.2 Å². The number of benzene rings is 1. The summed E-state index contributed by atoms with van der Waals surface area (Å²) in [7, 11) is 1.38. The van der Waals surface area contributed by atoms with Gasteiger partial charge in [0.2, 0.25) is 5.91 Å². The first-order chi connectivity index (χ1) is 8.11. The lowest BCUT2D eigenvalue weighted by molar-refractivity contribution is -0.139. The third-order valence-corrected chi connectivity index (χ3v) is 3.00. The summed E-state index contributed by atoms with van der Waals surface area (Å²) in [5.41, 5.74) is 3.02. The summed E-state index contributed by atoms with van der Waals surface area (Å²) >= 11 is 0. The van der Waals surface area contributed by atoms with E-state index in [2.05, 4.69) is 4.74 Å². The summed E-state index contributed by atoms with van der Waals surface area (Å²) in [4.78, 5) is 24.3. The monoisotopic (exact) mass is 233 g/mol. The second kappa shape index (κ2) is 4.57. The van der Waals surface area contributed by atoms with Gasteiger partial charge in [0, 0.05) is 19.2 Å². The van der Waals surface area contributed by atoms with Gasteiger partial charge in [0.1, 0.15) is 0 Å². The summed E-state index contributed by atoms with van der Waals surface area (Å²) in [5.74, 6) is -0.184. The summed E-state index contributed by atoms with van der Waals surface area (Å²) in [5, 5.41) is 0. The Labute approximate surface area is 100 Å². The van der Waals surface area contributed by atoms with E-state index in [4.69, 9.17) is 0 Å². The number of amides is 1. The first-order valence-corrected chi connectivity index (χ1v) is 5.58. The lowest BCUT2D eigenvalue weighted by Gasteiger charge is -2.14. The average molecular weight is 233 g/mol. The van der Waals surface area contributed by atoms with Crippen LogP contribution in [0.2, 0.25) is 0 Å². The van der Waals surface area contributed by atoms with Crippen molar-refractivity contribution in [2.24, 2.45) is 0 Å². The van der Waals surface area contributed by atoms with Gasteiger partial charge in [-0.2, -0.15) is 0 Å². The van der Waals surface area contributed by atoms with Crippen LogP contribution in [0.5, 0.6) is 0 Å². The van der Waals surface area contributed by atoms with Crippen molar-refractivity contribution < 1.29 is 14.3 Å². The van der Waals surface area contributed by atoms with Crippen molar-refractivity contribution >= 4 is 17.6 Å². The third kappa shape index (κ3) is 2.30. The minimum absolute atomic E-state index is 0.0597. The Balaban J connectivity index is 2.22. The van der Waals surface area contributed by atoms with Crippen molar-refractivity contribution in [3.8, 4) is 0 Å². The van der Waals surface area contributed by atoms with E-state index in [1.54, 1.807) is 11.8 Å². The minimum atomic E-state index is -0.244. The summed E-state index contributed by atoms with van der Waals surface area (Å²) < 4.78 is 4.63. The standard InChI is InChI=1S/C13H15NO3/c1-9(15)14-6-5-11-7-10(3-4-12(11)14)8-13(16)17-2/h3-4,7H,5-6,8H2,1-2H3. The SMILES string of the molecule is COC(=O)Cc1ccc2c(c1)CCN2C(C)=O. The Morgan fingerprint density at radius 2 is 2.18 bits per heavy atom. The molecule has 4 heteroatoms. The molecule has 17 heavy (non-hydrogen) atoms. The van der Waals surface area contributed by atoms with Gasteiger partial charge < -0.3 is 9.64 Å². The Hall–Kier alpha value is -1.84. The molecule has 0 radical (unpaired) electrons. The Kier molecular flexibility index (Phi) is 3.13. The highest BCUT2D eigenvalue weighted by Crippen LogP contribution is 2.29. The first-order valence-electron chi connectivity index (χ1n) is 5.58. The van der Waals surface area contributed by atoms with Gasteiger partial charge in [-0.3, -0.25) is 9.59 Å². The molecule has 1 aliphatic heterocycles. The van der Waals surface area contributed by atoms with Gasteiger partial charge in [0.25, 0.3) is 0 Å². The number of rotatable bonds is 2. The molecule has 0 N–H and O–H groups in total. The Morgan fingerprint density at radius 1 is 1.41 bits per heavy atom. The predicted octanol–water partition coefficient (Wildman–Crippen LogP) is 1.31. The quantitative estimate of drug-likeness (QED) is 0.723. The molecule has 1 aliphatic rings. The number of ether oxygens (including phenoxy) is 1. The fraction of sp³-hybridized carbons (Fsp3) is 0.385. The van der Waals surface area contributed by atoms with E-state index in [9.17, 15) is 9.59 Å². The topological polar surface area (TPSA) is 46.6 Å². The molecule has 0 saturated carbocycles. The van der Waals surface area contributed by atoms with Crippen LogP contribution in [0, 0.1) is 0 Å². The zero-order valence-electron chi connectivity index (χ0n) is 10.0. The molecule has 0 spiro atoms. The number of hydrogen-bond acceptors (Lipinski definition) is 3. The highest BCUT2D eigenvalue weighted by atomic mass is 16.5. The van der Waals surface area contributed by atoms with E-state index in [0.717, 1.165) is 29.8 Å². The largest absolute Gasteiger partial charge is 0.469 e. The maximum Gasteiger partial charge on any atom is 0.309 e. The molecule has 1 amide bonds. The van der Waals surface area contributed by atoms with E-state index < -0.39 is 0 Å².